The molecule has 0 fully saturated rings. The molecule has 0 aliphatic rings. The number of ether oxygens (including phenoxy) is 1. The van der Waals surface area contributed by atoms with Gasteiger partial charge in [-0.1, -0.05) is 57.2 Å². The SMILES string of the molecule is CCCCCCCCc1cc(CCOC(=O)c2ccc(C(=O)O)cc2)cc(-n2nc3ccccc3n2)c1O. The van der Waals surface area contributed by atoms with Crippen molar-refractivity contribution >= 4 is 23.0 Å². The van der Waals surface area contributed by atoms with Gasteiger partial charge in [0.25, 0.3) is 0 Å². The van der Waals surface area contributed by atoms with Gasteiger partial charge in [0.1, 0.15) is 22.5 Å². The van der Waals surface area contributed by atoms with Gasteiger partial charge in [-0.05, 0) is 66.4 Å². The minimum atomic E-state index is -1.05. The van der Waals surface area contributed by atoms with Crippen LogP contribution in [0.4, 0.5) is 0 Å². The molecule has 0 unspecified atom stereocenters. The summed E-state index contributed by atoms with van der Waals surface area (Å²) < 4.78 is 5.45. The van der Waals surface area contributed by atoms with Crippen molar-refractivity contribution in [3.8, 4) is 11.4 Å². The van der Waals surface area contributed by atoms with Gasteiger partial charge in [-0.3, -0.25) is 0 Å². The predicted molar refractivity (Wildman–Crippen MR) is 145 cm³/mol. The van der Waals surface area contributed by atoms with E-state index in [0.29, 0.717) is 12.1 Å². The lowest BCUT2D eigenvalue weighted by Gasteiger charge is -2.13. The van der Waals surface area contributed by atoms with Gasteiger partial charge >= 0.3 is 11.9 Å². The van der Waals surface area contributed by atoms with E-state index in [1.54, 1.807) is 0 Å². The second-order valence-corrected chi connectivity index (χ2v) is 9.39. The van der Waals surface area contributed by atoms with Gasteiger partial charge in [0.15, 0.2) is 0 Å². The number of hydrogen-bond donors (Lipinski definition) is 2. The summed E-state index contributed by atoms with van der Waals surface area (Å²) in [7, 11) is 0. The normalized spacial score (nSPS) is 11.1. The van der Waals surface area contributed by atoms with E-state index in [-0.39, 0.29) is 23.5 Å². The van der Waals surface area contributed by atoms with Gasteiger partial charge in [0, 0.05) is 6.42 Å². The summed E-state index contributed by atoms with van der Waals surface area (Å²) in [6, 6.07) is 17.0. The van der Waals surface area contributed by atoms with Crippen molar-refractivity contribution < 1.29 is 24.5 Å². The third-order valence-corrected chi connectivity index (χ3v) is 6.52. The van der Waals surface area contributed by atoms with Crippen LogP contribution >= 0.6 is 0 Å². The molecule has 0 saturated heterocycles. The molecule has 0 bridgehead atoms. The number of fused-ring (bicyclic) bond motifs is 1. The smallest absolute Gasteiger partial charge is 0.338 e. The first kappa shape index (κ1) is 26.9. The Kier molecular flexibility index (Phi) is 9.08. The highest BCUT2D eigenvalue weighted by molar-refractivity contribution is 5.92. The summed E-state index contributed by atoms with van der Waals surface area (Å²) >= 11 is 0. The molecular formula is C30H33N3O5. The van der Waals surface area contributed by atoms with E-state index in [4.69, 9.17) is 9.84 Å². The number of nitrogens with zero attached hydrogens (tertiary/aromatic N) is 3. The molecule has 1 heterocycles. The number of unbranched alkanes of at least 4 members (excludes halogenated alkanes) is 5. The maximum absolute atomic E-state index is 12.4. The summed E-state index contributed by atoms with van der Waals surface area (Å²) in [5, 5.41) is 29.2. The Morgan fingerprint density at radius 2 is 1.47 bits per heavy atom. The van der Waals surface area contributed by atoms with Gasteiger partial charge in [-0.2, -0.15) is 0 Å². The molecule has 0 amide bonds. The number of carboxylic acid groups (broad SMARTS) is 1. The highest BCUT2D eigenvalue weighted by Gasteiger charge is 2.16. The summed E-state index contributed by atoms with van der Waals surface area (Å²) in [5.74, 6) is -1.41. The van der Waals surface area contributed by atoms with E-state index in [0.717, 1.165) is 41.4 Å². The lowest BCUT2D eigenvalue weighted by Crippen LogP contribution is -2.10. The monoisotopic (exact) mass is 515 g/mol. The third kappa shape index (κ3) is 6.76. The van der Waals surface area contributed by atoms with Crippen LogP contribution in [-0.4, -0.2) is 43.8 Å². The minimum Gasteiger partial charge on any atom is -0.505 e. The maximum Gasteiger partial charge on any atom is 0.338 e. The number of phenolic OH excluding ortho intramolecular Hbond substituents is 1. The molecule has 2 N–H and O–H groups in total. The van der Waals surface area contributed by atoms with Crippen LogP contribution in [0.3, 0.4) is 0 Å². The number of carbonyl (C=O) groups is 2. The van der Waals surface area contributed by atoms with Gasteiger partial charge in [0.2, 0.25) is 0 Å². The zero-order valence-electron chi connectivity index (χ0n) is 21.6. The molecule has 198 valence electrons. The number of esters is 1. The van der Waals surface area contributed by atoms with Crippen LogP contribution in [-0.2, 0) is 17.6 Å². The molecule has 8 heteroatoms. The molecule has 0 spiro atoms. The number of carboxylic acids is 1. The van der Waals surface area contributed by atoms with E-state index in [2.05, 4.69) is 17.1 Å². The number of aromatic hydroxyl groups is 1. The fourth-order valence-electron chi connectivity index (χ4n) is 4.39. The van der Waals surface area contributed by atoms with Crippen LogP contribution in [0.25, 0.3) is 16.7 Å². The van der Waals surface area contributed by atoms with Gasteiger partial charge in [-0.25, -0.2) is 9.59 Å². The highest BCUT2D eigenvalue weighted by atomic mass is 16.5. The lowest BCUT2D eigenvalue weighted by atomic mass is 10.00. The number of aryl methyl sites for hydroxylation is 1. The molecule has 0 atom stereocenters. The fourth-order valence-corrected chi connectivity index (χ4v) is 4.39. The van der Waals surface area contributed by atoms with Crippen molar-refractivity contribution in [2.24, 2.45) is 0 Å². The predicted octanol–water partition coefficient (Wildman–Crippen LogP) is 6.13. The van der Waals surface area contributed by atoms with E-state index in [9.17, 15) is 14.7 Å². The van der Waals surface area contributed by atoms with Crippen molar-refractivity contribution in [3.63, 3.8) is 0 Å². The molecule has 0 saturated carbocycles. The van der Waals surface area contributed by atoms with E-state index < -0.39 is 11.9 Å². The Labute approximate surface area is 221 Å². The highest BCUT2D eigenvalue weighted by Crippen LogP contribution is 2.30. The molecule has 4 rings (SSSR count). The van der Waals surface area contributed by atoms with E-state index >= 15 is 0 Å². The summed E-state index contributed by atoms with van der Waals surface area (Å²) in [4.78, 5) is 24.9. The van der Waals surface area contributed by atoms with Crippen molar-refractivity contribution in [3.05, 3.63) is 82.9 Å². The van der Waals surface area contributed by atoms with Gasteiger partial charge < -0.3 is 14.9 Å². The molecule has 1 aromatic heterocycles. The van der Waals surface area contributed by atoms with Crippen LogP contribution < -0.4 is 0 Å². The second kappa shape index (κ2) is 12.9. The molecule has 0 aliphatic heterocycles. The Bertz CT molecular complexity index is 1360. The zero-order chi connectivity index (χ0) is 26.9. The Morgan fingerprint density at radius 1 is 0.842 bits per heavy atom. The van der Waals surface area contributed by atoms with Crippen molar-refractivity contribution in [2.75, 3.05) is 6.61 Å². The summed E-state index contributed by atoms with van der Waals surface area (Å²) in [5.41, 5.74) is 4.08. The van der Waals surface area contributed by atoms with Crippen molar-refractivity contribution in [2.45, 2.75) is 58.3 Å². The lowest BCUT2D eigenvalue weighted by molar-refractivity contribution is 0.0508. The summed E-state index contributed by atoms with van der Waals surface area (Å²) in [6.45, 7) is 2.33. The molecule has 8 nitrogen and oxygen atoms in total. The Morgan fingerprint density at radius 3 is 2.13 bits per heavy atom. The number of carbonyl (C=O) groups excluding carboxylic acids is 1. The fraction of sp³-hybridized carbons (Fsp3) is 0.333. The molecule has 3 aromatic carbocycles. The molecule has 0 aliphatic carbocycles. The maximum atomic E-state index is 12.4. The summed E-state index contributed by atoms with van der Waals surface area (Å²) in [6.07, 6.45) is 8.09. The number of phenols is 1. The number of benzene rings is 3. The standard InChI is InChI=1S/C30H33N3O5/c1-2-3-4-5-6-7-10-24-19-21(17-18-38-30(37)23-15-13-22(14-16-23)29(35)36)20-27(28(24)34)33-31-25-11-8-9-12-26(25)32-33/h8-9,11-16,19-20,34H,2-7,10,17-18H2,1H3,(H,35,36). The second-order valence-electron chi connectivity index (χ2n) is 9.39. The third-order valence-electron chi connectivity index (χ3n) is 6.52. The average molecular weight is 516 g/mol. The topological polar surface area (TPSA) is 115 Å². The molecular weight excluding hydrogens is 482 g/mol. The number of rotatable bonds is 13. The van der Waals surface area contributed by atoms with Gasteiger partial charge in [-0.15, -0.1) is 15.0 Å². The Balaban J connectivity index is 1.49. The first-order valence-corrected chi connectivity index (χ1v) is 13.1. The Hall–Kier alpha value is -4.20. The van der Waals surface area contributed by atoms with Crippen LogP contribution in [0.15, 0.2) is 60.7 Å². The molecule has 38 heavy (non-hydrogen) atoms. The first-order chi connectivity index (χ1) is 18.5. The van der Waals surface area contributed by atoms with Crippen molar-refractivity contribution in [1.29, 1.82) is 0 Å². The van der Waals surface area contributed by atoms with Gasteiger partial charge in [0.05, 0.1) is 17.7 Å². The average Bonchev–Trinajstić information content (AvgIpc) is 3.36. The minimum absolute atomic E-state index is 0.107. The number of aromatic carboxylic acids is 1. The van der Waals surface area contributed by atoms with Crippen LogP contribution in [0.5, 0.6) is 5.75 Å². The van der Waals surface area contributed by atoms with E-state index in [1.807, 2.05) is 36.4 Å². The largest absolute Gasteiger partial charge is 0.505 e. The van der Waals surface area contributed by atoms with Crippen LogP contribution in [0.1, 0.15) is 77.3 Å². The number of hydrogen-bond acceptors (Lipinski definition) is 6. The quantitative estimate of drug-likeness (QED) is 0.163. The van der Waals surface area contributed by atoms with Crippen molar-refractivity contribution in [1.82, 2.24) is 15.0 Å². The van der Waals surface area contributed by atoms with Crippen LogP contribution in [0, 0.1) is 0 Å². The van der Waals surface area contributed by atoms with Crippen LogP contribution in [0.2, 0.25) is 0 Å². The zero-order valence-corrected chi connectivity index (χ0v) is 21.6. The molecule has 4 aromatic rings. The molecule has 0 radical (unpaired) electrons. The first-order valence-electron chi connectivity index (χ1n) is 13.1. The number of aromatic nitrogens is 3. The van der Waals surface area contributed by atoms with E-state index in [1.165, 1.54) is 54.7 Å².